The Morgan fingerprint density at radius 3 is 2.54 bits per heavy atom. The molecule has 4 nitrogen and oxygen atoms in total. The van der Waals surface area contributed by atoms with Crippen molar-refractivity contribution in [2.24, 2.45) is 0 Å². The predicted octanol–water partition coefficient (Wildman–Crippen LogP) is 4.80. The lowest BCUT2D eigenvalue weighted by Gasteiger charge is -2.08. The van der Waals surface area contributed by atoms with Gasteiger partial charge in [0.1, 0.15) is 0 Å². The number of rotatable bonds is 4. The van der Waals surface area contributed by atoms with Gasteiger partial charge in [-0.3, -0.25) is 4.79 Å². The minimum Gasteiger partial charge on any atom is -0.465 e. The summed E-state index contributed by atoms with van der Waals surface area (Å²) in [6, 6.07) is 8.73. The van der Waals surface area contributed by atoms with E-state index in [-0.39, 0.29) is 21.8 Å². The summed E-state index contributed by atoms with van der Waals surface area (Å²) in [6.45, 7) is 0. The number of carbonyl (C=O) groups is 2. The van der Waals surface area contributed by atoms with E-state index in [9.17, 15) is 22.8 Å². The van der Waals surface area contributed by atoms with Gasteiger partial charge in [-0.2, -0.15) is 13.2 Å². The van der Waals surface area contributed by atoms with Crippen LogP contribution < -0.4 is 5.32 Å². The first-order chi connectivity index (χ1) is 12.2. The van der Waals surface area contributed by atoms with Crippen molar-refractivity contribution >= 4 is 35.2 Å². The van der Waals surface area contributed by atoms with E-state index in [1.54, 1.807) is 0 Å². The van der Waals surface area contributed by atoms with Crippen molar-refractivity contribution in [1.82, 2.24) is 0 Å². The highest BCUT2D eigenvalue weighted by atomic mass is 35.5. The van der Waals surface area contributed by atoms with E-state index >= 15 is 0 Å². The highest BCUT2D eigenvalue weighted by molar-refractivity contribution is 6.34. The molecule has 0 aliphatic rings. The van der Waals surface area contributed by atoms with Crippen LogP contribution in [0.5, 0.6) is 0 Å². The smallest absolute Gasteiger partial charge is 0.416 e. The summed E-state index contributed by atoms with van der Waals surface area (Å²) in [5.41, 5.74) is -0.236. The summed E-state index contributed by atoms with van der Waals surface area (Å²) in [6.07, 6.45) is -2.16. The maximum absolute atomic E-state index is 12.7. The van der Waals surface area contributed by atoms with Crippen molar-refractivity contribution in [2.75, 3.05) is 12.4 Å². The zero-order valence-electron chi connectivity index (χ0n) is 13.4. The van der Waals surface area contributed by atoms with E-state index in [2.05, 4.69) is 10.1 Å². The van der Waals surface area contributed by atoms with Gasteiger partial charge in [-0.1, -0.05) is 23.7 Å². The molecule has 2 aromatic carbocycles. The Hall–Kier alpha value is -2.80. The minimum atomic E-state index is -4.46. The van der Waals surface area contributed by atoms with Crippen LogP contribution in [0.4, 0.5) is 18.9 Å². The Kier molecular flexibility index (Phi) is 6.05. The van der Waals surface area contributed by atoms with Gasteiger partial charge in [0.25, 0.3) is 0 Å². The number of ether oxygens (including phenoxy) is 1. The van der Waals surface area contributed by atoms with E-state index in [1.165, 1.54) is 43.5 Å². The molecule has 0 aliphatic carbocycles. The van der Waals surface area contributed by atoms with Crippen LogP contribution in [-0.4, -0.2) is 19.0 Å². The van der Waals surface area contributed by atoms with E-state index in [1.807, 2.05) is 0 Å². The molecule has 0 aliphatic heterocycles. The molecular weight excluding hydrogens is 371 g/mol. The molecule has 0 saturated heterocycles. The van der Waals surface area contributed by atoms with Crippen molar-refractivity contribution in [3.63, 3.8) is 0 Å². The van der Waals surface area contributed by atoms with Gasteiger partial charge in [0.2, 0.25) is 5.91 Å². The zero-order chi connectivity index (χ0) is 19.3. The van der Waals surface area contributed by atoms with Crippen LogP contribution >= 0.6 is 11.6 Å². The van der Waals surface area contributed by atoms with Gasteiger partial charge in [-0.25, -0.2) is 4.79 Å². The standard InChI is InChI=1S/C18H13ClF3NO3/c1-26-17(25)12-6-7-14(19)15(10-12)23-16(24)8-5-11-3-2-4-13(9-11)18(20,21)22/h2-10H,1H3,(H,23,24)/b8-5+. The fourth-order valence-electron chi connectivity index (χ4n) is 2.03. The van der Waals surface area contributed by atoms with Crippen LogP contribution in [0.2, 0.25) is 5.02 Å². The number of carbonyl (C=O) groups excluding carboxylic acids is 2. The average molecular weight is 384 g/mol. The fraction of sp³-hybridized carbons (Fsp3) is 0.111. The molecule has 2 aromatic rings. The van der Waals surface area contributed by atoms with Gasteiger partial charge >= 0.3 is 12.1 Å². The summed E-state index contributed by atoms with van der Waals surface area (Å²) in [4.78, 5) is 23.5. The van der Waals surface area contributed by atoms with Crippen LogP contribution in [0, 0.1) is 0 Å². The molecule has 0 saturated carbocycles. The molecule has 0 aromatic heterocycles. The Morgan fingerprint density at radius 2 is 1.88 bits per heavy atom. The molecule has 0 heterocycles. The zero-order valence-corrected chi connectivity index (χ0v) is 14.2. The third-order valence-corrected chi connectivity index (χ3v) is 3.62. The number of methoxy groups -OCH3 is 1. The van der Waals surface area contributed by atoms with E-state index in [4.69, 9.17) is 11.6 Å². The molecule has 1 N–H and O–H groups in total. The molecule has 0 spiro atoms. The van der Waals surface area contributed by atoms with Crippen LogP contribution in [0.25, 0.3) is 6.08 Å². The average Bonchev–Trinajstić information content (AvgIpc) is 2.60. The highest BCUT2D eigenvalue weighted by Crippen LogP contribution is 2.29. The maximum Gasteiger partial charge on any atom is 0.416 e. The maximum atomic E-state index is 12.7. The fourth-order valence-corrected chi connectivity index (χ4v) is 2.20. The number of anilines is 1. The van der Waals surface area contributed by atoms with Crippen molar-refractivity contribution in [1.29, 1.82) is 0 Å². The van der Waals surface area contributed by atoms with Gasteiger partial charge in [0.05, 0.1) is 28.9 Å². The summed E-state index contributed by atoms with van der Waals surface area (Å²) in [7, 11) is 1.22. The second kappa shape index (κ2) is 8.05. The summed E-state index contributed by atoms with van der Waals surface area (Å²) < 4.78 is 42.6. The van der Waals surface area contributed by atoms with Crippen LogP contribution in [0.3, 0.4) is 0 Å². The van der Waals surface area contributed by atoms with Crippen molar-refractivity contribution in [3.05, 3.63) is 70.3 Å². The Bertz CT molecular complexity index is 863. The van der Waals surface area contributed by atoms with E-state index in [0.717, 1.165) is 18.2 Å². The molecule has 2 rings (SSSR count). The number of hydrogen-bond acceptors (Lipinski definition) is 3. The first kappa shape index (κ1) is 19.5. The van der Waals surface area contributed by atoms with E-state index < -0.39 is 23.6 Å². The summed E-state index contributed by atoms with van der Waals surface area (Å²) >= 11 is 5.96. The van der Waals surface area contributed by atoms with Gasteiger partial charge in [-0.15, -0.1) is 0 Å². The lowest BCUT2D eigenvalue weighted by atomic mass is 10.1. The number of amides is 1. The number of nitrogens with one attached hydrogen (secondary N) is 1. The van der Waals surface area contributed by atoms with Gasteiger partial charge in [0.15, 0.2) is 0 Å². The lowest BCUT2D eigenvalue weighted by Crippen LogP contribution is -2.10. The highest BCUT2D eigenvalue weighted by Gasteiger charge is 2.30. The molecule has 136 valence electrons. The number of esters is 1. The Balaban J connectivity index is 2.14. The minimum absolute atomic E-state index is 0.174. The van der Waals surface area contributed by atoms with Crippen molar-refractivity contribution in [3.8, 4) is 0 Å². The Labute approximate surface area is 152 Å². The number of alkyl halides is 3. The molecule has 26 heavy (non-hydrogen) atoms. The van der Waals surface area contributed by atoms with Gasteiger partial charge in [0, 0.05) is 6.08 Å². The normalized spacial score (nSPS) is 11.4. The first-order valence-electron chi connectivity index (χ1n) is 7.25. The predicted molar refractivity (Wildman–Crippen MR) is 91.9 cm³/mol. The number of benzene rings is 2. The quantitative estimate of drug-likeness (QED) is 0.609. The van der Waals surface area contributed by atoms with Crippen LogP contribution in [-0.2, 0) is 15.7 Å². The first-order valence-corrected chi connectivity index (χ1v) is 7.62. The number of hydrogen-bond donors (Lipinski definition) is 1. The lowest BCUT2D eigenvalue weighted by molar-refractivity contribution is -0.137. The molecule has 1 amide bonds. The molecular formula is C18H13ClF3NO3. The molecule has 0 bridgehead atoms. The summed E-state index contributed by atoms with van der Waals surface area (Å²) in [5, 5.41) is 2.65. The topological polar surface area (TPSA) is 55.4 Å². The molecule has 8 heteroatoms. The van der Waals surface area contributed by atoms with Gasteiger partial charge < -0.3 is 10.1 Å². The number of halogens is 4. The second-order valence-electron chi connectivity index (χ2n) is 5.13. The third kappa shape index (κ3) is 5.10. The van der Waals surface area contributed by atoms with E-state index in [0.29, 0.717) is 0 Å². The SMILES string of the molecule is COC(=O)c1ccc(Cl)c(NC(=O)/C=C/c2cccc(C(F)(F)F)c2)c1. The van der Waals surface area contributed by atoms with Crippen LogP contribution in [0.1, 0.15) is 21.5 Å². The monoisotopic (exact) mass is 383 g/mol. The van der Waals surface area contributed by atoms with Crippen molar-refractivity contribution < 1.29 is 27.5 Å². The van der Waals surface area contributed by atoms with Crippen molar-refractivity contribution in [2.45, 2.75) is 6.18 Å². The molecule has 0 atom stereocenters. The van der Waals surface area contributed by atoms with Gasteiger partial charge in [-0.05, 0) is 42.0 Å². The third-order valence-electron chi connectivity index (χ3n) is 3.29. The molecule has 0 unspecified atom stereocenters. The van der Waals surface area contributed by atoms with Crippen LogP contribution in [0.15, 0.2) is 48.5 Å². The second-order valence-corrected chi connectivity index (χ2v) is 5.54. The summed E-state index contributed by atoms with van der Waals surface area (Å²) in [5.74, 6) is -1.22. The Morgan fingerprint density at radius 1 is 1.15 bits per heavy atom. The molecule has 0 radical (unpaired) electrons. The molecule has 0 fully saturated rings. The largest absolute Gasteiger partial charge is 0.465 e.